The van der Waals surface area contributed by atoms with Gasteiger partial charge in [-0.3, -0.25) is 4.90 Å². The maximum atomic E-state index is 3.65. The van der Waals surface area contributed by atoms with Gasteiger partial charge in [-0.05, 0) is 61.9 Å². The minimum Gasteiger partial charge on any atom is -0.313 e. The summed E-state index contributed by atoms with van der Waals surface area (Å²) in [6.07, 6.45) is 6.45. The van der Waals surface area contributed by atoms with Gasteiger partial charge in [0.15, 0.2) is 0 Å². The molecule has 0 radical (unpaired) electrons. The zero-order valence-corrected chi connectivity index (χ0v) is 12.1. The van der Waals surface area contributed by atoms with Gasteiger partial charge in [0.25, 0.3) is 0 Å². The molecule has 3 rings (SSSR count). The minimum absolute atomic E-state index is 0.678. The van der Waals surface area contributed by atoms with Crippen LogP contribution in [0.2, 0.25) is 0 Å². The first-order valence-corrected chi connectivity index (χ1v) is 7.91. The first-order chi connectivity index (χ1) is 9.35. The van der Waals surface area contributed by atoms with Gasteiger partial charge in [0.1, 0.15) is 0 Å². The highest BCUT2D eigenvalue weighted by molar-refractivity contribution is 5.35. The molecule has 1 saturated heterocycles. The van der Waals surface area contributed by atoms with E-state index in [0.717, 1.165) is 6.54 Å². The second-order valence-electron chi connectivity index (χ2n) is 6.10. The molecular weight excluding hydrogens is 232 g/mol. The Hall–Kier alpha value is -0.860. The van der Waals surface area contributed by atoms with Crippen LogP contribution in [0.3, 0.4) is 0 Å². The van der Waals surface area contributed by atoms with E-state index in [-0.39, 0.29) is 0 Å². The molecule has 0 bridgehead atoms. The average molecular weight is 258 g/mol. The van der Waals surface area contributed by atoms with Crippen LogP contribution in [-0.4, -0.2) is 30.6 Å². The van der Waals surface area contributed by atoms with Crippen molar-refractivity contribution in [2.75, 3.05) is 19.6 Å². The molecule has 1 aromatic rings. The van der Waals surface area contributed by atoms with E-state index in [1.807, 2.05) is 0 Å². The van der Waals surface area contributed by atoms with Crippen molar-refractivity contribution in [3.8, 4) is 0 Å². The Morgan fingerprint density at radius 1 is 1.21 bits per heavy atom. The van der Waals surface area contributed by atoms with Crippen LogP contribution in [-0.2, 0) is 19.4 Å². The molecule has 1 aliphatic heterocycles. The fourth-order valence-electron chi connectivity index (χ4n) is 3.48. The summed E-state index contributed by atoms with van der Waals surface area (Å²) < 4.78 is 0. The molecule has 1 aliphatic carbocycles. The number of benzene rings is 1. The molecule has 2 nitrogen and oxygen atoms in total. The van der Waals surface area contributed by atoms with E-state index in [0.29, 0.717) is 6.04 Å². The summed E-state index contributed by atoms with van der Waals surface area (Å²) in [5.41, 5.74) is 4.71. The second kappa shape index (κ2) is 6.06. The Kier molecular flexibility index (Phi) is 4.19. The number of rotatable bonds is 3. The lowest BCUT2D eigenvalue weighted by Crippen LogP contribution is -2.36. The van der Waals surface area contributed by atoms with E-state index in [4.69, 9.17) is 0 Å². The van der Waals surface area contributed by atoms with Gasteiger partial charge in [-0.15, -0.1) is 0 Å². The lowest BCUT2D eigenvalue weighted by Gasteiger charge is -2.24. The van der Waals surface area contributed by atoms with Gasteiger partial charge < -0.3 is 5.32 Å². The van der Waals surface area contributed by atoms with Crippen molar-refractivity contribution >= 4 is 0 Å². The quantitative estimate of drug-likeness (QED) is 0.897. The van der Waals surface area contributed by atoms with Gasteiger partial charge in [-0.25, -0.2) is 0 Å². The highest BCUT2D eigenvalue weighted by Gasteiger charge is 2.17. The molecule has 0 saturated carbocycles. The van der Waals surface area contributed by atoms with Crippen LogP contribution in [0.25, 0.3) is 0 Å². The number of hydrogen-bond donors (Lipinski definition) is 1. The van der Waals surface area contributed by atoms with E-state index in [1.54, 1.807) is 11.1 Å². The summed E-state index contributed by atoms with van der Waals surface area (Å²) in [6.45, 7) is 7.04. The van der Waals surface area contributed by atoms with Crippen molar-refractivity contribution < 1.29 is 0 Å². The van der Waals surface area contributed by atoms with Crippen LogP contribution in [0.4, 0.5) is 0 Å². The first-order valence-electron chi connectivity index (χ1n) is 7.91. The smallest absolute Gasteiger partial charge is 0.0234 e. The van der Waals surface area contributed by atoms with Gasteiger partial charge >= 0.3 is 0 Å². The highest BCUT2D eigenvalue weighted by Crippen LogP contribution is 2.23. The third kappa shape index (κ3) is 3.18. The molecular formula is C17H26N2. The summed E-state index contributed by atoms with van der Waals surface area (Å²) in [6, 6.07) is 7.85. The monoisotopic (exact) mass is 258 g/mol. The third-order valence-electron chi connectivity index (χ3n) is 4.62. The lowest BCUT2D eigenvalue weighted by molar-refractivity contribution is 0.257. The molecule has 1 fully saturated rings. The molecule has 0 amide bonds. The summed E-state index contributed by atoms with van der Waals surface area (Å²) in [7, 11) is 0. The van der Waals surface area contributed by atoms with Crippen molar-refractivity contribution in [3.05, 3.63) is 34.9 Å². The number of hydrogen-bond acceptors (Lipinski definition) is 2. The van der Waals surface area contributed by atoms with Crippen molar-refractivity contribution in [2.45, 2.75) is 51.6 Å². The molecule has 19 heavy (non-hydrogen) atoms. The van der Waals surface area contributed by atoms with Crippen LogP contribution in [0.5, 0.6) is 0 Å². The van der Waals surface area contributed by atoms with E-state index in [1.165, 1.54) is 57.3 Å². The third-order valence-corrected chi connectivity index (χ3v) is 4.62. The highest BCUT2D eigenvalue weighted by atomic mass is 15.2. The SMILES string of the molecule is CCC1CN(Cc2ccc3c(c2)CCC3)CCCN1. The molecule has 0 aromatic heterocycles. The number of nitrogens with one attached hydrogen (secondary N) is 1. The fourth-order valence-corrected chi connectivity index (χ4v) is 3.48. The van der Waals surface area contributed by atoms with Crippen LogP contribution < -0.4 is 5.32 Å². The molecule has 2 aliphatic rings. The van der Waals surface area contributed by atoms with E-state index in [2.05, 4.69) is 35.3 Å². The summed E-state index contributed by atoms with van der Waals surface area (Å²) in [5.74, 6) is 0. The normalized spacial score (nSPS) is 24.2. The number of nitrogens with zero attached hydrogens (tertiary/aromatic N) is 1. The van der Waals surface area contributed by atoms with Gasteiger partial charge in [0, 0.05) is 19.1 Å². The van der Waals surface area contributed by atoms with Crippen LogP contribution in [0.15, 0.2) is 18.2 Å². The Balaban J connectivity index is 1.66. The molecule has 1 N–H and O–H groups in total. The number of aryl methyl sites for hydroxylation is 2. The van der Waals surface area contributed by atoms with Gasteiger partial charge in [0.05, 0.1) is 0 Å². The molecule has 2 heteroatoms. The number of fused-ring (bicyclic) bond motifs is 1. The van der Waals surface area contributed by atoms with Gasteiger partial charge in [-0.2, -0.15) is 0 Å². The van der Waals surface area contributed by atoms with Gasteiger partial charge in [0.2, 0.25) is 0 Å². The molecule has 1 unspecified atom stereocenters. The topological polar surface area (TPSA) is 15.3 Å². The molecule has 1 atom stereocenters. The average Bonchev–Trinajstić information content (AvgIpc) is 2.77. The summed E-state index contributed by atoms with van der Waals surface area (Å²) >= 11 is 0. The van der Waals surface area contributed by atoms with E-state index < -0.39 is 0 Å². The van der Waals surface area contributed by atoms with E-state index in [9.17, 15) is 0 Å². The largest absolute Gasteiger partial charge is 0.313 e. The fraction of sp³-hybridized carbons (Fsp3) is 0.647. The molecule has 1 aromatic carbocycles. The van der Waals surface area contributed by atoms with Gasteiger partial charge in [-0.1, -0.05) is 25.1 Å². The lowest BCUT2D eigenvalue weighted by atomic mass is 10.1. The second-order valence-corrected chi connectivity index (χ2v) is 6.10. The predicted octanol–water partition coefficient (Wildman–Crippen LogP) is 2.75. The predicted molar refractivity (Wildman–Crippen MR) is 80.4 cm³/mol. The van der Waals surface area contributed by atoms with Crippen LogP contribution in [0, 0.1) is 0 Å². The van der Waals surface area contributed by atoms with Crippen LogP contribution in [0.1, 0.15) is 42.9 Å². The Labute approximate surface area is 117 Å². The summed E-state index contributed by atoms with van der Waals surface area (Å²) in [4.78, 5) is 2.63. The Morgan fingerprint density at radius 3 is 3.00 bits per heavy atom. The van der Waals surface area contributed by atoms with Crippen molar-refractivity contribution in [1.82, 2.24) is 10.2 Å². The standard InChI is InChI=1S/C17H26N2/c1-2-17-13-19(10-4-9-18-17)12-14-7-8-15-5-3-6-16(15)11-14/h7-8,11,17-18H,2-6,9-10,12-13H2,1H3. The molecule has 104 valence electrons. The maximum absolute atomic E-state index is 3.65. The zero-order valence-electron chi connectivity index (χ0n) is 12.1. The van der Waals surface area contributed by atoms with Crippen LogP contribution >= 0.6 is 0 Å². The summed E-state index contributed by atoms with van der Waals surface area (Å²) in [5, 5.41) is 3.65. The van der Waals surface area contributed by atoms with Crippen molar-refractivity contribution in [1.29, 1.82) is 0 Å². The van der Waals surface area contributed by atoms with E-state index >= 15 is 0 Å². The van der Waals surface area contributed by atoms with Crippen molar-refractivity contribution in [3.63, 3.8) is 0 Å². The first kappa shape index (κ1) is 13.1. The molecule has 0 spiro atoms. The Morgan fingerprint density at radius 2 is 2.11 bits per heavy atom. The maximum Gasteiger partial charge on any atom is 0.0234 e. The Bertz CT molecular complexity index is 427. The van der Waals surface area contributed by atoms with Crippen molar-refractivity contribution in [2.24, 2.45) is 0 Å². The minimum atomic E-state index is 0.678. The zero-order chi connectivity index (χ0) is 13.1. The molecule has 1 heterocycles.